The first-order valence-electron chi connectivity index (χ1n) is 5.23. The smallest absolute Gasteiger partial charge is 0.128 e. The minimum Gasteiger partial charge on any atom is -0.379 e. The van der Waals surface area contributed by atoms with Crippen molar-refractivity contribution < 1.29 is 4.74 Å². The van der Waals surface area contributed by atoms with Crippen LogP contribution in [0.4, 0.5) is 11.5 Å². The average Bonchev–Trinajstić information content (AvgIpc) is 2.71. The average molecular weight is 207 g/mol. The largest absolute Gasteiger partial charge is 0.379 e. The number of hydrogen-bond donors (Lipinski definition) is 1. The van der Waals surface area contributed by atoms with E-state index in [2.05, 4.69) is 16.4 Å². The molecule has 4 heteroatoms. The van der Waals surface area contributed by atoms with E-state index in [1.807, 2.05) is 31.3 Å². The number of ether oxygens (including phenoxy) is 1. The highest BCUT2D eigenvalue weighted by Crippen LogP contribution is 2.15. The summed E-state index contributed by atoms with van der Waals surface area (Å²) in [6.07, 6.45) is 2.95. The molecule has 1 aliphatic rings. The molecule has 15 heavy (non-hydrogen) atoms. The molecule has 0 spiro atoms. The molecule has 1 aliphatic heterocycles. The Morgan fingerprint density at radius 2 is 2.33 bits per heavy atom. The molecule has 1 aromatic rings. The number of pyridine rings is 1. The van der Waals surface area contributed by atoms with Gasteiger partial charge in [0.1, 0.15) is 5.82 Å². The van der Waals surface area contributed by atoms with E-state index < -0.39 is 0 Å². The lowest BCUT2D eigenvalue weighted by Gasteiger charge is -2.14. The molecule has 0 radical (unpaired) electrons. The summed E-state index contributed by atoms with van der Waals surface area (Å²) in [6, 6.07) is 4.51. The second-order valence-corrected chi connectivity index (χ2v) is 4.00. The van der Waals surface area contributed by atoms with Gasteiger partial charge in [0.05, 0.1) is 24.5 Å². The van der Waals surface area contributed by atoms with Crippen molar-refractivity contribution in [3.8, 4) is 0 Å². The van der Waals surface area contributed by atoms with Crippen molar-refractivity contribution >= 4 is 11.5 Å². The van der Waals surface area contributed by atoms with E-state index in [0.717, 1.165) is 31.1 Å². The van der Waals surface area contributed by atoms with Crippen LogP contribution in [0.1, 0.15) is 6.42 Å². The molecule has 0 bridgehead atoms. The topological polar surface area (TPSA) is 37.4 Å². The van der Waals surface area contributed by atoms with Gasteiger partial charge in [0.25, 0.3) is 0 Å². The van der Waals surface area contributed by atoms with Crippen molar-refractivity contribution in [2.75, 3.05) is 37.5 Å². The molecule has 1 N–H and O–H groups in total. The Balaban J connectivity index is 1.97. The van der Waals surface area contributed by atoms with Crippen LogP contribution in [0.15, 0.2) is 18.3 Å². The summed E-state index contributed by atoms with van der Waals surface area (Å²) in [6.45, 7) is 1.66. The van der Waals surface area contributed by atoms with Gasteiger partial charge in [-0.25, -0.2) is 4.98 Å². The molecule has 0 aliphatic carbocycles. The summed E-state index contributed by atoms with van der Waals surface area (Å²) >= 11 is 0. The number of anilines is 2. The monoisotopic (exact) mass is 207 g/mol. The third kappa shape index (κ3) is 2.59. The first-order chi connectivity index (χ1) is 7.25. The van der Waals surface area contributed by atoms with Gasteiger partial charge in [-0.3, -0.25) is 0 Å². The van der Waals surface area contributed by atoms with Crippen LogP contribution >= 0.6 is 0 Å². The lowest BCUT2D eigenvalue weighted by atomic mass is 10.2. The highest BCUT2D eigenvalue weighted by atomic mass is 16.5. The van der Waals surface area contributed by atoms with E-state index in [1.165, 1.54) is 0 Å². The number of hydrogen-bond acceptors (Lipinski definition) is 4. The number of nitrogens with one attached hydrogen (secondary N) is 1. The Labute approximate surface area is 90.3 Å². The molecule has 0 saturated carbocycles. The number of nitrogens with zero attached hydrogens (tertiary/aromatic N) is 2. The van der Waals surface area contributed by atoms with Crippen molar-refractivity contribution in [1.29, 1.82) is 0 Å². The Hall–Kier alpha value is -1.29. The molecule has 1 atom stereocenters. The van der Waals surface area contributed by atoms with Crippen LogP contribution in [0.25, 0.3) is 0 Å². The van der Waals surface area contributed by atoms with E-state index in [-0.39, 0.29) is 0 Å². The number of rotatable bonds is 3. The first-order valence-corrected chi connectivity index (χ1v) is 5.23. The van der Waals surface area contributed by atoms with E-state index in [0.29, 0.717) is 6.04 Å². The standard InChI is InChI=1S/C11H17N3O/c1-14(2)11-4-3-9(7-12-11)13-10-5-6-15-8-10/h3-4,7,10,13H,5-6,8H2,1-2H3. The summed E-state index contributed by atoms with van der Waals surface area (Å²) in [4.78, 5) is 6.33. The van der Waals surface area contributed by atoms with Crippen LogP contribution < -0.4 is 10.2 Å². The van der Waals surface area contributed by atoms with Crippen molar-refractivity contribution in [2.24, 2.45) is 0 Å². The van der Waals surface area contributed by atoms with Gasteiger partial charge in [0, 0.05) is 20.7 Å². The maximum absolute atomic E-state index is 5.30. The molecular weight excluding hydrogens is 190 g/mol. The molecule has 1 unspecified atom stereocenters. The maximum atomic E-state index is 5.30. The molecule has 1 fully saturated rings. The fourth-order valence-electron chi connectivity index (χ4n) is 1.62. The van der Waals surface area contributed by atoms with Crippen LogP contribution in [0.3, 0.4) is 0 Å². The van der Waals surface area contributed by atoms with Crippen molar-refractivity contribution in [3.63, 3.8) is 0 Å². The molecule has 0 amide bonds. The van der Waals surface area contributed by atoms with Gasteiger partial charge in [0.2, 0.25) is 0 Å². The SMILES string of the molecule is CN(C)c1ccc(NC2CCOC2)cn1. The first kappa shape index (κ1) is 10.2. The predicted octanol–water partition coefficient (Wildman–Crippen LogP) is 1.35. The zero-order valence-electron chi connectivity index (χ0n) is 9.23. The van der Waals surface area contributed by atoms with Crippen molar-refractivity contribution in [1.82, 2.24) is 4.98 Å². The minimum atomic E-state index is 0.442. The van der Waals surface area contributed by atoms with Gasteiger partial charge in [-0.2, -0.15) is 0 Å². The maximum Gasteiger partial charge on any atom is 0.128 e. The molecule has 82 valence electrons. The summed E-state index contributed by atoms with van der Waals surface area (Å²) in [5, 5.41) is 3.40. The number of aromatic nitrogens is 1. The quantitative estimate of drug-likeness (QED) is 0.811. The van der Waals surface area contributed by atoms with Crippen molar-refractivity contribution in [2.45, 2.75) is 12.5 Å². The Bertz CT molecular complexity index is 304. The summed E-state index contributed by atoms with van der Waals surface area (Å²) in [5.41, 5.74) is 1.07. The third-order valence-corrected chi connectivity index (χ3v) is 2.51. The normalized spacial score (nSPS) is 20.3. The molecule has 2 heterocycles. The molecule has 1 aromatic heterocycles. The molecule has 2 rings (SSSR count). The minimum absolute atomic E-state index is 0.442. The highest BCUT2D eigenvalue weighted by Gasteiger charge is 2.14. The molecular formula is C11H17N3O. The lowest BCUT2D eigenvalue weighted by Crippen LogP contribution is -2.19. The molecule has 4 nitrogen and oxygen atoms in total. The van der Waals surface area contributed by atoms with Crippen LogP contribution in [0.5, 0.6) is 0 Å². The Morgan fingerprint density at radius 3 is 2.87 bits per heavy atom. The van der Waals surface area contributed by atoms with Crippen LogP contribution in [0, 0.1) is 0 Å². The fourth-order valence-corrected chi connectivity index (χ4v) is 1.62. The van der Waals surface area contributed by atoms with Gasteiger partial charge in [-0.1, -0.05) is 0 Å². The predicted molar refractivity (Wildman–Crippen MR) is 61.4 cm³/mol. The highest BCUT2D eigenvalue weighted by molar-refractivity contribution is 5.48. The Kier molecular flexibility index (Phi) is 3.06. The Morgan fingerprint density at radius 1 is 1.47 bits per heavy atom. The van der Waals surface area contributed by atoms with Crippen LogP contribution in [-0.4, -0.2) is 38.3 Å². The van der Waals surface area contributed by atoms with Crippen LogP contribution in [-0.2, 0) is 4.74 Å². The van der Waals surface area contributed by atoms with E-state index >= 15 is 0 Å². The molecule has 1 saturated heterocycles. The summed E-state index contributed by atoms with van der Waals surface area (Å²) in [7, 11) is 3.97. The lowest BCUT2D eigenvalue weighted by molar-refractivity contribution is 0.195. The van der Waals surface area contributed by atoms with E-state index in [9.17, 15) is 0 Å². The zero-order valence-corrected chi connectivity index (χ0v) is 9.23. The van der Waals surface area contributed by atoms with E-state index in [1.54, 1.807) is 0 Å². The summed E-state index contributed by atoms with van der Waals surface area (Å²) < 4.78 is 5.30. The van der Waals surface area contributed by atoms with Gasteiger partial charge < -0.3 is 15.0 Å². The second-order valence-electron chi connectivity index (χ2n) is 4.00. The van der Waals surface area contributed by atoms with Gasteiger partial charge in [-0.05, 0) is 18.6 Å². The fraction of sp³-hybridized carbons (Fsp3) is 0.545. The van der Waals surface area contributed by atoms with E-state index in [4.69, 9.17) is 4.74 Å². The summed E-state index contributed by atoms with van der Waals surface area (Å²) in [5.74, 6) is 0.975. The van der Waals surface area contributed by atoms with Gasteiger partial charge in [0.15, 0.2) is 0 Å². The zero-order chi connectivity index (χ0) is 10.7. The molecule has 0 aromatic carbocycles. The van der Waals surface area contributed by atoms with Crippen molar-refractivity contribution in [3.05, 3.63) is 18.3 Å². The third-order valence-electron chi connectivity index (χ3n) is 2.51. The second kappa shape index (κ2) is 4.49. The van der Waals surface area contributed by atoms with Crippen LogP contribution in [0.2, 0.25) is 0 Å². The van der Waals surface area contributed by atoms with Gasteiger partial charge >= 0.3 is 0 Å². The van der Waals surface area contributed by atoms with Gasteiger partial charge in [-0.15, -0.1) is 0 Å².